The summed E-state index contributed by atoms with van der Waals surface area (Å²) >= 11 is 1.53. The molecular weight excluding hydrogens is 210 g/mol. The molecule has 2 aromatic rings. The normalized spacial score (nSPS) is 10.5. The molecular formula is C11H12NO2S+. The first-order chi connectivity index (χ1) is 7.31. The molecule has 0 aliphatic carbocycles. The summed E-state index contributed by atoms with van der Waals surface area (Å²) in [5, 5.41) is 3.20. The second-order valence-corrected chi connectivity index (χ2v) is 4.01. The minimum Gasteiger partial charge on any atom is -0.461 e. The summed E-state index contributed by atoms with van der Waals surface area (Å²) in [5.41, 5.74) is 1.08. The lowest BCUT2D eigenvalue weighted by Crippen LogP contribution is -2.34. The molecule has 0 aliphatic rings. The maximum Gasteiger partial charge on any atom is 0.374 e. The zero-order valence-corrected chi connectivity index (χ0v) is 9.29. The highest BCUT2D eigenvalue weighted by Crippen LogP contribution is 2.12. The van der Waals surface area contributed by atoms with E-state index in [4.69, 9.17) is 4.74 Å². The highest BCUT2D eigenvalue weighted by atomic mass is 32.1. The third-order valence-corrected chi connectivity index (χ3v) is 3.03. The van der Waals surface area contributed by atoms with Gasteiger partial charge < -0.3 is 4.74 Å². The van der Waals surface area contributed by atoms with E-state index in [1.807, 2.05) is 40.5 Å². The number of carbonyl (C=O) groups excluding carboxylic acids is 1. The fourth-order valence-electron chi connectivity index (χ4n) is 1.44. The lowest BCUT2D eigenvalue weighted by Gasteiger charge is -1.95. The van der Waals surface area contributed by atoms with Crippen LogP contribution in [0.15, 0.2) is 29.6 Å². The van der Waals surface area contributed by atoms with Crippen LogP contribution in [0.5, 0.6) is 0 Å². The van der Waals surface area contributed by atoms with Crippen molar-refractivity contribution in [1.82, 2.24) is 0 Å². The number of rotatable bonds is 3. The molecule has 0 radical (unpaired) electrons. The van der Waals surface area contributed by atoms with E-state index in [1.54, 1.807) is 0 Å². The second-order valence-electron chi connectivity index (χ2n) is 3.12. The van der Waals surface area contributed by atoms with Crippen molar-refractivity contribution in [3.8, 4) is 0 Å². The highest BCUT2D eigenvalue weighted by Gasteiger charge is 2.16. The minimum atomic E-state index is -0.185. The minimum absolute atomic E-state index is 0.185. The SMILES string of the molecule is CCOC(=O)C[n+]1scc2ccccc21. The molecule has 3 nitrogen and oxygen atoms in total. The van der Waals surface area contributed by atoms with Gasteiger partial charge in [-0.05, 0) is 13.0 Å². The van der Waals surface area contributed by atoms with E-state index in [-0.39, 0.29) is 5.97 Å². The van der Waals surface area contributed by atoms with Crippen molar-refractivity contribution in [3.05, 3.63) is 29.6 Å². The monoisotopic (exact) mass is 222 g/mol. The van der Waals surface area contributed by atoms with Crippen molar-refractivity contribution in [2.75, 3.05) is 6.61 Å². The van der Waals surface area contributed by atoms with Gasteiger partial charge in [-0.2, -0.15) is 0 Å². The Labute approximate surface area is 92.1 Å². The Morgan fingerprint density at radius 3 is 3.07 bits per heavy atom. The van der Waals surface area contributed by atoms with E-state index in [0.29, 0.717) is 13.2 Å². The molecule has 0 saturated carbocycles. The molecule has 15 heavy (non-hydrogen) atoms. The van der Waals surface area contributed by atoms with Gasteiger partial charge in [0.05, 0.1) is 17.4 Å². The Morgan fingerprint density at radius 1 is 1.47 bits per heavy atom. The van der Waals surface area contributed by atoms with Crippen molar-refractivity contribution >= 4 is 28.4 Å². The van der Waals surface area contributed by atoms with Gasteiger partial charge in [-0.15, -0.1) is 3.96 Å². The molecule has 4 heteroatoms. The molecule has 0 aliphatic heterocycles. The average molecular weight is 222 g/mol. The predicted molar refractivity (Wildman–Crippen MR) is 58.7 cm³/mol. The van der Waals surface area contributed by atoms with Crippen LogP contribution in [-0.2, 0) is 16.1 Å². The Balaban J connectivity index is 2.25. The molecule has 0 spiro atoms. The van der Waals surface area contributed by atoms with Gasteiger partial charge in [0.1, 0.15) is 11.5 Å². The number of carbonyl (C=O) groups is 1. The molecule has 0 atom stereocenters. The summed E-state index contributed by atoms with van der Waals surface area (Å²) < 4.78 is 6.85. The van der Waals surface area contributed by atoms with Crippen LogP contribution in [0.1, 0.15) is 6.92 Å². The number of benzene rings is 1. The largest absolute Gasteiger partial charge is 0.461 e. The Morgan fingerprint density at radius 2 is 2.27 bits per heavy atom. The van der Waals surface area contributed by atoms with Gasteiger partial charge in [0.2, 0.25) is 5.52 Å². The van der Waals surface area contributed by atoms with Crippen LogP contribution < -0.4 is 3.96 Å². The molecule has 0 N–H and O–H groups in total. The number of para-hydroxylation sites is 1. The molecule has 78 valence electrons. The molecule has 1 aromatic heterocycles. The molecule has 2 rings (SSSR count). The summed E-state index contributed by atoms with van der Waals surface area (Å²) in [7, 11) is 0. The highest BCUT2D eigenvalue weighted by molar-refractivity contribution is 7.00. The van der Waals surface area contributed by atoms with Gasteiger partial charge in [0.25, 0.3) is 6.54 Å². The summed E-state index contributed by atoms with van der Waals surface area (Å²) in [6, 6.07) is 8.00. The molecule has 0 amide bonds. The van der Waals surface area contributed by atoms with Crippen molar-refractivity contribution in [3.63, 3.8) is 0 Å². The first-order valence-corrected chi connectivity index (χ1v) is 5.67. The molecule has 0 bridgehead atoms. The number of ether oxygens (including phenoxy) is 1. The summed E-state index contributed by atoms with van der Waals surface area (Å²) in [5.74, 6) is -0.185. The van der Waals surface area contributed by atoms with E-state index in [9.17, 15) is 4.79 Å². The summed E-state index contributed by atoms with van der Waals surface area (Å²) in [6.45, 7) is 2.55. The first kappa shape index (κ1) is 10.1. The second kappa shape index (κ2) is 4.40. The quantitative estimate of drug-likeness (QED) is 0.585. The number of hydrogen-bond acceptors (Lipinski definition) is 3. The zero-order chi connectivity index (χ0) is 10.7. The van der Waals surface area contributed by atoms with Crippen LogP contribution in [0.3, 0.4) is 0 Å². The van der Waals surface area contributed by atoms with Gasteiger partial charge in [-0.1, -0.05) is 12.1 Å². The van der Waals surface area contributed by atoms with Crippen LogP contribution in [-0.4, -0.2) is 12.6 Å². The van der Waals surface area contributed by atoms with E-state index < -0.39 is 0 Å². The van der Waals surface area contributed by atoms with Crippen molar-refractivity contribution in [2.45, 2.75) is 13.5 Å². The van der Waals surface area contributed by atoms with Crippen LogP contribution in [0.4, 0.5) is 0 Å². The van der Waals surface area contributed by atoms with Crippen LogP contribution in [0.25, 0.3) is 10.9 Å². The van der Waals surface area contributed by atoms with Crippen LogP contribution >= 0.6 is 11.5 Å². The third-order valence-electron chi connectivity index (χ3n) is 2.09. The lowest BCUT2D eigenvalue weighted by molar-refractivity contribution is -0.590. The van der Waals surface area contributed by atoms with Gasteiger partial charge >= 0.3 is 5.97 Å². The van der Waals surface area contributed by atoms with Crippen molar-refractivity contribution < 1.29 is 13.5 Å². The molecule has 0 saturated heterocycles. The smallest absolute Gasteiger partial charge is 0.374 e. The van der Waals surface area contributed by atoms with E-state index in [0.717, 1.165) is 10.9 Å². The lowest BCUT2D eigenvalue weighted by atomic mass is 10.3. The third kappa shape index (κ3) is 2.15. The first-order valence-electron chi connectivity index (χ1n) is 4.83. The summed E-state index contributed by atoms with van der Waals surface area (Å²) in [6.07, 6.45) is 0. The molecule has 0 fully saturated rings. The van der Waals surface area contributed by atoms with Gasteiger partial charge in [0.15, 0.2) is 0 Å². The van der Waals surface area contributed by atoms with Crippen molar-refractivity contribution in [2.24, 2.45) is 0 Å². The predicted octanol–water partition coefficient (Wildman–Crippen LogP) is 1.75. The number of aromatic nitrogens is 1. The molecule has 1 heterocycles. The van der Waals surface area contributed by atoms with Gasteiger partial charge in [-0.3, -0.25) is 0 Å². The van der Waals surface area contributed by atoms with Crippen LogP contribution in [0.2, 0.25) is 0 Å². The van der Waals surface area contributed by atoms with E-state index >= 15 is 0 Å². The maximum atomic E-state index is 11.3. The summed E-state index contributed by atoms with van der Waals surface area (Å²) in [4.78, 5) is 11.3. The average Bonchev–Trinajstić information content (AvgIpc) is 2.62. The van der Waals surface area contributed by atoms with Crippen LogP contribution in [0, 0.1) is 0 Å². The maximum absolute atomic E-state index is 11.3. The number of nitrogens with zero attached hydrogens (tertiary/aromatic N) is 1. The number of esters is 1. The number of hydrogen-bond donors (Lipinski definition) is 0. The molecule has 1 aromatic carbocycles. The fraction of sp³-hybridized carbons (Fsp3) is 0.273. The Hall–Kier alpha value is -1.42. The van der Waals surface area contributed by atoms with Gasteiger partial charge in [0, 0.05) is 6.07 Å². The fourth-order valence-corrected chi connectivity index (χ4v) is 2.34. The van der Waals surface area contributed by atoms with E-state index in [1.165, 1.54) is 11.5 Å². The standard InChI is InChI=1S/C11H12NO2S/c1-2-14-11(13)7-12-10-6-4-3-5-9(10)8-15-12/h3-6,8H,2,7H2,1H3/q+1. The Kier molecular flexibility index (Phi) is 2.97. The topological polar surface area (TPSA) is 30.2 Å². The van der Waals surface area contributed by atoms with Crippen molar-refractivity contribution in [1.29, 1.82) is 0 Å². The number of fused-ring (bicyclic) bond motifs is 1. The van der Waals surface area contributed by atoms with E-state index in [2.05, 4.69) is 0 Å². The zero-order valence-electron chi connectivity index (χ0n) is 8.47. The van der Waals surface area contributed by atoms with Gasteiger partial charge in [-0.25, -0.2) is 4.79 Å². The Bertz CT molecular complexity index is 478. The molecule has 0 unspecified atom stereocenters.